The summed E-state index contributed by atoms with van der Waals surface area (Å²) >= 11 is 12.0. The molecule has 0 atom stereocenters. The Balaban J connectivity index is 1.75. The van der Waals surface area contributed by atoms with Crippen LogP contribution in [0.5, 0.6) is 0 Å². The summed E-state index contributed by atoms with van der Waals surface area (Å²) < 4.78 is 23.3. The molecule has 1 aliphatic rings. The van der Waals surface area contributed by atoms with Crippen molar-refractivity contribution in [3.05, 3.63) is 63.1 Å². The lowest BCUT2D eigenvalue weighted by atomic mass is 10.0. The number of nitrogens with one attached hydrogen (secondary N) is 1. The zero-order valence-corrected chi connectivity index (χ0v) is 18.2. The van der Waals surface area contributed by atoms with E-state index in [1.165, 1.54) is 25.3 Å². The summed E-state index contributed by atoms with van der Waals surface area (Å²) in [5, 5.41) is 7.90. The van der Waals surface area contributed by atoms with E-state index in [0.717, 1.165) is 36.8 Å². The van der Waals surface area contributed by atoms with Gasteiger partial charge in [0.05, 0.1) is 15.6 Å². The first kappa shape index (κ1) is 22.1. The SMILES string of the molecule is NS(=O)(=O)c1cc(C(=O)NCc2ccccc2CN2CCCCC2)c(Cl)cc1Cl. The van der Waals surface area contributed by atoms with Crippen molar-refractivity contribution in [1.82, 2.24) is 10.2 Å². The Hall–Kier alpha value is -1.64. The van der Waals surface area contributed by atoms with Crippen LogP contribution in [0.2, 0.25) is 10.0 Å². The maximum atomic E-state index is 12.6. The molecule has 1 amide bonds. The van der Waals surface area contributed by atoms with Crippen LogP contribution in [0.15, 0.2) is 41.3 Å². The zero-order chi connectivity index (χ0) is 21.0. The second-order valence-corrected chi connectivity index (χ2v) is 9.44. The van der Waals surface area contributed by atoms with Gasteiger partial charge in [-0.1, -0.05) is 53.9 Å². The predicted octanol–water partition coefficient (Wildman–Crippen LogP) is 3.56. The lowest BCUT2D eigenvalue weighted by Gasteiger charge is -2.27. The van der Waals surface area contributed by atoms with Crippen LogP contribution in [-0.4, -0.2) is 32.3 Å². The Morgan fingerprint density at radius 2 is 1.69 bits per heavy atom. The number of likely N-dealkylation sites (tertiary alicyclic amines) is 1. The van der Waals surface area contributed by atoms with E-state index in [1.807, 2.05) is 18.2 Å². The number of hydrogen-bond donors (Lipinski definition) is 2. The van der Waals surface area contributed by atoms with E-state index in [9.17, 15) is 13.2 Å². The van der Waals surface area contributed by atoms with Crippen LogP contribution in [-0.2, 0) is 23.1 Å². The molecule has 1 heterocycles. The van der Waals surface area contributed by atoms with E-state index in [2.05, 4.69) is 16.3 Å². The first-order chi connectivity index (χ1) is 13.8. The summed E-state index contributed by atoms with van der Waals surface area (Å²) in [6.45, 7) is 3.30. The van der Waals surface area contributed by atoms with Crippen molar-refractivity contribution in [2.24, 2.45) is 5.14 Å². The minimum atomic E-state index is -4.07. The fourth-order valence-electron chi connectivity index (χ4n) is 3.43. The third-order valence-corrected chi connectivity index (χ3v) is 6.66. The van der Waals surface area contributed by atoms with E-state index in [4.69, 9.17) is 28.3 Å². The standard InChI is InChI=1S/C20H23Cl2N3O3S/c21-17-11-18(22)19(29(23,27)28)10-16(17)20(26)24-12-14-6-2-3-7-15(14)13-25-8-4-1-5-9-25/h2-3,6-7,10-11H,1,4-5,8-9,12-13H2,(H,24,26)(H2,23,27,28). The number of hydrogen-bond acceptors (Lipinski definition) is 4. The van der Waals surface area contributed by atoms with Crippen LogP contribution in [0.25, 0.3) is 0 Å². The number of piperidine rings is 1. The van der Waals surface area contributed by atoms with Gasteiger partial charge < -0.3 is 5.32 Å². The maximum absolute atomic E-state index is 12.6. The molecule has 3 N–H and O–H groups in total. The number of nitrogens with zero attached hydrogens (tertiary/aromatic N) is 1. The van der Waals surface area contributed by atoms with Gasteiger partial charge in [-0.05, 0) is 49.2 Å². The molecule has 29 heavy (non-hydrogen) atoms. The smallest absolute Gasteiger partial charge is 0.253 e. The van der Waals surface area contributed by atoms with Crippen molar-refractivity contribution in [2.45, 2.75) is 37.2 Å². The summed E-state index contributed by atoms with van der Waals surface area (Å²) in [6, 6.07) is 10.3. The predicted molar refractivity (Wildman–Crippen MR) is 115 cm³/mol. The molecule has 3 rings (SSSR count). The molecular weight excluding hydrogens is 433 g/mol. The van der Waals surface area contributed by atoms with Crippen LogP contribution in [0.3, 0.4) is 0 Å². The maximum Gasteiger partial charge on any atom is 0.253 e. The van der Waals surface area contributed by atoms with E-state index in [-0.39, 0.29) is 20.5 Å². The Morgan fingerprint density at radius 3 is 2.34 bits per heavy atom. The molecular formula is C20H23Cl2N3O3S. The topological polar surface area (TPSA) is 92.5 Å². The summed E-state index contributed by atoms with van der Waals surface area (Å²) in [5.74, 6) is -0.496. The van der Waals surface area contributed by atoms with Crippen LogP contribution in [0.4, 0.5) is 0 Å². The van der Waals surface area contributed by atoms with Crippen molar-refractivity contribution < 1.29 is 13.2 Å². The number of carbonyl (C=O) groups excluding carboxylic acids is 1. The molecule has 2 aromatic carbocycles. The second-order valence-electron chi connectivity index (χ2n) is 7.10. The first-order valence-corrected chi connectivity index (χ1v) is 11.6. The van der Waals surface area contributed by atoms with Crippen LogP contribution in [0.1, 0.15) is 40.7 Å². The van der Waals surface area contributed by atoms with Crippen LogP contribution >= 0.6 is 23.2 Å². The summed E-state index contributed by atoms with van der Waals surface area (Å²) in [7, 11) is -4.07. The number of amides is 1. The number of halogens is 2. The molecule has 1 aliphatic heterocycles. The number of rotatable bonds is 6. The molecule has 156 valence electrons. The molecule has 0 radical (unpaired) electrons. The van der Waals surface area contributed by atoms with Crippen molar-refractivity contribution in [3.8, 4) is 0 Å². The van der Waals surface area contributed by atoms with Gasteiger partial charge in [0.25, 0.3) is 5.91 Å². The third-order valence-electron chi connectivity index (χ3n) is 4.97. The van der Waals surface area contributed by atoms with Crippen molar-refractivity contribution in [3.63, 3.8) is 0 Å². The molecule has 0 aliphatic carbocycles. The average Bonchev–Trinajstić information content (AvgIpc) is 2.67. The van der Waals surface area contributed by atoms with Gasteiger partial charge in [-0.2, -0.15) is 0 Å². The molecule has 1 fully saturated rings. The van der Waals surface area contributed by atoms with Crippen molar-refractivity contribution in [2.75, 3.05) is 13.1 Å². The zero-order valence-electron chi connectivity index (χ0n) is 15.8. The fraction of sp³-hybridized carbons (Fsp3) is 0.350. The summed E-state index contributed by atoms with van der Waals surface area (Å²) in [5.41, 5.74) is 2.17. The monoisotopic (exact) mass is 455 g/mol. The van der Waals surface area contributed by atoms with Crippen molar-refractivity contribution in [1.29, 1.82) is 0 Å². The highest BCUT2D eigenvalue weighted by Gasteiger charge is 2.20. The number of nitrogens with two attached hydrogens (primary N) is 1. The highest BCUT2D eigenvalue weighted by atomic mass is 35.5. The van der Waals surface area contributed by atoms with E-state index in [0.29, 0.717) is 6.54 Å². The van der Waals surface area contributed by atoms with E-state index < -0.39 is 15.9 Å². The highest BCUT2D eigenvalue weighted by molar-refractivity contribution is 7.89. The van der Waals surface area contributed by atoms with Gasteiger partial charge in [0.15, 0.2) is 0 Å². The number of benzene rings is 2. The molecule has 0 unspecified atom stereocenters. The van der Waals surface area contributed by atoms with Gasteiger partial charge in [0.2, 0.25) is 10.0 Å². The minimum absolute atomic E-state index is 0.00797. The second kappa shape index (κ2) is 9.45. The summed E-state index contributed by atoms with van der Waals surface area (Å²) in [4.78, 5) is 14.7. The first-order valence-electron chi connectivity index (χ1n) is 9.35. The van der Waals surface area contributed by atoms with Crippen molar-refractivity contribution >= 4 is 39.1 Å². The lowest BCUT2D eigenvalue weighted by Crippen LogP contribution is -2.30. The number of sulfonamides is 1. The highest BCUT2D eigenvalue weighted by Crippen LogP contribution is 2.28. The molecule has 6 nitrogen and oxygen atoms in total. The largest absolute Gasteiger partial charge is 0.348 e. The number of carbonyl (C=O) groups is 1. The molecule has 1 saturated heterocycles. The van der Waals surface area contributed by atoms with Crippen LogP contribution < -0.4 is 10.5 Å². The molecule has 0 aromatic heterocycles. The molecule has 9 heteroatoms. The Kier molecular flexibility index (Phi) is 7.19. The Morgan fingerprint density at radius 1 is 1.03 bits per heavy atom. The Labute approximate surface area is 181 Å². The minimum Gasteiger partial charge on any atom is -0.348 e. The molecule has 0 bridgehead atoms. The van der Waals surface area contributed by atoms with Gasteiger partial charge in [0.1, 0.15) is 4.90 Å². The third kappa shape index (κ3) is 5.71. The normalized spacial score (nSPS) is 15.3. The van der Waals surface area contributed by atoms with Gasteiger partial charge in [-0.15, -0.1) is 0 Å². The fourth-order valence-corrected chi connectivity index (χ4v) is 4.84. The van der Waals surface area contributed by atoms with Gasteiger partial charge >= 0.3 is 0 Å². The molecule has 2 aromatic rings. The quantitative estimate of drug-likeness (QED) is 0.696. The molecule has 0 saturated carbocycles. The van der Waals surface area contributed by atoms with Gasteiger partial charge in [-0.3, -0.25) is 9.69 Å². The average molecular weight is 456 g/mol. The summed E-state index contributed by atoms with van der Waals surface area (Å²) in [6.07, 6.45) is 3.69. The van der Waals surface area contributed by atoms with Gasteiger partial charge in [0, 0.05) is 13.1 Å². The number of primary sulfonamides is 1. The van der Waals surface area contributed by atoms with E-state index in [1.54, 1.807) is 0 Å². The van der Waals surface area contributed by atoms with Crippen LogP contribution in [0, 0.1) is 0 Å². The van der Waals surface area contributed by atoms with E-state index >= 15 is 0 Å². The lowest BCUT2D eigenvalue weighted by molar-refractivity contribution is 0.0950. The van der Waals surface area contributed by atoms with Gasteiger partial charge in [-0.25, -0.2) is 13.6 Å². The molecule has 0 spiro atoms. The Bertz CT molecular complexity index is 1010.